The lowest BCUT2D eigenvalue weighted by Gasteiger charge is -2.27. The fourth-order valence-electron chi connectivity index (χ4n) is 4.66. The van der Waals surface area contributed by atoms with Crippen molar-refractivity contribution in [1.82, 2.24) is 10.2 Å². The Balaban J connectivity index is 1.40. The molecule has 1 aliphatic heterocycles. The molecule has 2 unspecified atom stereocenters. The summed E-state index contributed by atoms with van der Waals surface area (Å²) in [6.45, 7) is 0.905. The van der Waals surface area contributed by atoms with Gasteiger partial charge in [-0.2, -0.15) is 0 Å². The number of ether oxygens (including phenoxy) is 1. The Bertz CT molecular complexity index is 718. The summed E-state index contributed by atoms with van der Waals surface area (Å²) < 4.78 is 5.57. The lowest BCUT2D eigenvalue weighted by molar-refractivity contribution is -0.137. The fraction of sp³-hybridized carbons (Fsp3) is 0.609. The number of primary amides is 1. The summed E-state index contributed by atoms with van der Waals surface area (Å²) in [7, 11) is 0. The zero-order valence-electron chi connectivity index (χ0n) is 17.6. The molecule has 7 heteroatoms. The van der Waals surface area contributed by atoms with Gasteiger partial charge in [0, 0.05) is 13.0 Å². The lowest BCUT2D eigenvalue weighted by Crippen LogP contribution is -2.47. The monoisotopic (exact) mass is 415 g/mol. The summed E-state index contributed by atoms with van der Waals surface area (Å²) in [5.74, 6) is 0.790. The van der Waals surface area contributed by atoms with E-state index in [1.165, 1.54) is 32.1 Å². The standard InChI is InChI=1S/C23H33N3O4/c24-23(29)20-14-18(17-8-3-1-4-9-17)16-26(20)22(28)15-25-21(27)12-7-13-30-19-10-5-2-6-11-19/h2,5-6,10-11,17-18,20H,1,3-4,7-9,12-16H2,(H2,24,29)(H,25,27). The third-order valence-electron chi connectivity index (χ3n) is 6.30. The van der Waals surface area contributed by atoms with Crippen molar-refractivity contribution in [3.8, 4) is 5.75 Å². The van der Waals surface area contributed by atoms with Crippen LogP contribution in [-0.4, -0.2) is 48.4 Å². The number of nitrogens with zero attached hydrogens (tertiary/aromatic N) is 1. The first kappa shape index (κ1) is 22.1. The van der Waals surface area contributed by atoms with Crippen molar-refractivity contribution in [1.29, 1.82) is 0 Å². The van der Waals surface area contributed by atoms with Crippen LogP contribution in [-0.2, 0) is 14.4 Å². The van der Waals surface area contributed by atoms with Gasteiger partial charge in [-0.05, 0) is 36.8 Å². The Morgan fingerprint density at radius 2 is 1.80 bits per heavy atom. The van der Waals surface area contributed by atoms with E-state index >= 15 is 0 Å². The van der Waals surface area contributed by atoms with E-state index < -0.39 is 11.9 Å². The zero-order chi connectivity index (χ0) is 21.3. The summed E-state index contributed by atoms with van der Waals surface area (Å²) in [5, 5.41) is 2.67. The number of hydrogen-bond acceptors (Lipinski definition) is 4. The van der Waals surface area contributed by atoms with Crippen LogP contribution < -0.4 is 15.8 Å². The van der Waals surface area contributed by atoms with Crippen LogP contribution in [0.3, 0.4) is 0 Å². The molecule has 1 aliphatic carbocycles. The number of benzene rings is 1. The van der Waals surface area contributed by atoms with Crippen LogP contribution in [0.15, 0.2) is 30.3 Å². The number of para-hydroxylation sites is 1. The van der Waals surface area contributed by atoms with Crippen LogP contribution in [0.4, 0.5) is 0 Å². The largest absolute Gasteiger partial charge is 0.494 e. The molecule has 3 amide bonds. The van der Waals surface area contributed by atoms with E-state index in [0.29, 0.717) is 37.8 Å². The molecule has 30 heavy (non-hydrogen) atoms. The van der Waals surface area contributed by atoms with Crippen LogP contribution >= 0.6 is 0 Å². The molecule has 1 aromatic carbocycles. The maximum Gasteiger partial charge on any atom is 0.242 e. The molecule has 3 rings (SSSR count). The number of amides is 3. The van der Waals surface area contributed by atoms with Crippen molar-refractivity contribution in [3.05, 3.63) is 30.3 Å². The highest BCUT2D eigenvalue weighted by atomic mass is 16.5. The van der Waals surface area contributed by atoms with E-state index in [2.05, 4.69) is 5.32 Å². The number of carbonyl (C=O) groups is 3. The topological polar surface area (TPSA) is 102 Å². The van der Waals surface area contributed by atoms with Gasteiger partial charge in [-0.15, -0.1) is 0 Å². The third-order valence-corrected chi connectivity index (χ3v) is 6.30. The second-order valence-electron chi connectivity index (χ2n) is 8.40. The molecule has 2 atom stereocenters. The van der Waals surface area contributed by atoms with Gasteiger partial charge in [0.2, 0.25) is 17.7 Å². The number of hydrogen-bond donors (Lipinski definition) is 2. The molecule has 1 saturated carbocycles. The normalized spacial score (nSPS) is 21.9. The predicted octanol–water partition coefficient (Wildman–Crippen LogP) is 2.24. The van der Waals surface area contributed by atoms with E-state index in [4.69, 9.17) is 10.5 Å². The van der Waals surface area contributed by atoms with Crippen molar-refractivity contribution >= 4 is 17.7 Å². The Kier molecular flexibility index (Phi) is 8.11. The van der Waals surface area contributed by atoms with E-state index in [1.807, 2.05) is 30.3 Å². The van der Waals surface area contributed by atoms with Crippen LogP contribution in [0.5, 0.6) is 5.75 Å². The third kappa shape index (κ3) is 6.21. The minimum Gasteiger partial charge on any atom is -0.494 e. The van der Waals surface area contributed by atoms with Crippen LogP contribution in [0, 0.1) is 11.8 Å². The van der Waals surface area contributed by atoms with Crippen molar-refractivity contribution in [2.24, 2.45) is 17.6 Å². The average molecular weight is 416 g/mol. The summed E-state index contributed by atoms with van der Waals surface area (Å²) in [6.07, 6.45) is 7.54. The maximum atomic E-state index is 12.7. The Morgan fingerprint density at radius 3 is 2.50 bits per heavy atom. The summed E-state index contributed by atoms with van der Waals surface area (Å²) in [5.41, 5.74) is 5.57. The summed E-state index contributed by atoms with van der Waals surface area (Å²) in [4.78, 5) is 38.2. The van der Waals surface area contributed by atoms with Crippen LogP contribution in [0.2, 0.25) is 0 Å². The van der Waals surface area contributed by atoms with E-state index in [-0.39, 0.29) is 24.8 Å². The van der Waals surface area contributed by atoms with E-state index in [0.717, 1.165) is 5.75 Å². The first-order valence-electron chi connectivity index (χ1n) is 11.1. The molecule has 1 saturated heterocycles. The molecule has 3 N–H and O–H groups in total. The van der Waals surface area contributed by atoms with Crippen LogP contribution in [0.25, 0.3) is 0 Å². The van der Waals surface area contributed by atoms with Gasteiger partial charge in [0.15, 0.2) is 0 Å². The highest BCUT2D eigenvalue weighted by Gasteiger charge is 2.41. The van der Waals surface area contributed by atoms with E-state index in [9.17, 15) is 14.4 Å². The van der Waals surface area contributed by atoms with Gasteiger partial charge < -0.3 is 20.7 Å². The molecule has 2 fully saturated rings. The predicted molar refractivity (Wildman–Crippen MR) is 114 cm³/mol. The summed E-state index contributed by atoms with van der Waals surface area (Å²) >= 11 is 0. The number of nitrogens with one attached hydrogen (secondary N) is 1. The SMILES string of the molecule is NC(=O)C1CC(C2CCCCC2)CN1C(=O)CNC(=O)CCCOc1ccccc1. The Labute approximate surface area is 178 Å². The highest BCUT2D eigenvalue weighted by molar-refractivity contribution is 5.90. The first-order valence-corrected chi connectivity index (χ1v) is 11.1. The molecule has 164 valence electrons. The van der Waals surface area contributed by atoms with Gasteiger partial charge in [0.05, 0.1) is 13.2 Å². The average Bonchev–Trinajstić information content (AvgIpc) is 3.22. The summed E-state index contributed by atoms with van der Waals surface area (Å²) in [6, 6.07) is 8.88. The molecular formula is C23H33N3O4. The van der Waals surface area contributed by atoms with Gasteiger partial charge in [0.1, 0.15) is 11.8 Å². The second-order valence-corrected chi connectivity index (χ2v) is 8.40. The minimum absolute atomic E-state index is 0.0977. The van der Waals surface area contributed by atoms with Crippen molar-refractivity contribution in [2.45, 2.75) is 57.4 Å². The van der Waals surface area contributed by atoms with Gasteiger partial charge in [-0.3, -0.25) is 14.4 Å². The number of likely N-dealkylation sites (tertiary alicyclic amines) is 1. The van der Waals surface area contributed by atoms with Gasteiger partial charge in [0.25, 0.3) is 0 Å². The number of nitrogens with two attached hydrogens (primary N) is 1. The minimum atomic E-state index is -0.555. The van der Waals surface area contributed by atoms with Crippen LogP contribution in [0.1, 0.15) is 51.4 Å². The lowest BCUT2D eigenvalue weighted by atomic mass is 9.79. The zero-order valence-corrected chi connectivity index (χ0v) is 17.6. The van der Waals surface area contributed by atoms with Gasteiger partial charge >= 0.3 is 0 Å². The number of carbonyl (C=O) groups excluding carboxylic acids is 3. The number of rotatable bonds is 9. The molecule has 0 radical (unpaired) electrons. The maximum absolute atomic E-state index is 12.7. The molecule has 0 spiro atoms. The molecule has 0 bridgehead atoms. The molecule has 7 nitrogen and oxygen atoms in total. The molecule has 2 aliphatic rings. The van der Waals surface area contributed by atoms with Crippen molar-refractivity contribution in [3.63, 3.8) is 0 Å². The van der Waals surface area contributed by atoms with Crippen molar-refractivity contribution in [2.75, 3.05) is 19.7 Å². The van der Waals surface area contributed by atoms with E-state index in [1.54, 1.807) is 4.90 Å². The molecular weight excluding hydrogens is 382 g/mol. The Morgan fingerprint density at radius 1 is 1.07 bits per heavy atom. The Hall–Kier alpha value is -2.57. The van der Waals surface area contributed by atoms with Gasteiger partial charge in [-0.25, -0.2) is 0 Å². The molecule has 0 aromatic heterocycles. The van der Waals surface area contributed by atoms with Crippen molar-refractivity contribution < 1.29 is 19.1 Å². The fourth-order valence-corrected chi connectivity index (χ4v) is 4.66. The molecule has 1 aromatic rings. The van der Waals surface area contributed by atoms with Gasteiger partial charge in [-0.1, -0.05) is 50.3 Å². The second kappa shape index (κ2) is 11.0. The molecule has 1 heterocycles. The quantitative estimate of drug-likeness (QED) is 0.604. The smallest absolute Gasteiger partial charge is 0.242 e. The first-order chi connectivity index (χ1) is 14.5. The highest BCUT2D eigenvalue weighted by Crippen LogP contribution is 2.37.